The van der Waals surface area contributed by atoms with Crippen LogP contribution in [0.1, 0.15) is 12.5 Å². The van der Waals surface area contributed by atoms with E-state index in [9.17, 15) is 8.42 Å². The zero-order chi connectivity index (χ0) is 11.8. The van der Waals surface area contributed by atoms with Crippen molar-refractivity contribution in [2.45, 2.75) is 24.3 Å². The molecule has 16 heavy (non-hydrogen) atoms. The summed E-state index contributed by atoms with van der Waals surface area (Å²) in [6.07, 6.45) is 0. The summed E-state index contributed by atoms with van der Waals surface area (Å²) in [5.41, 5.74) is 0.307. The van der Waals surface area contributed by atoms with Crippen molar-refractivity contribution in [3.8, 4) is 0 Å². The molecule has 1 saturated heterocycles. The Bertz CT molecular complexity index is 471. The largest absolute Gasteiger partial charge is 0.375 e. The van der Waals surface area contributed by atoms with Gasteiger partial charge in [0.2, 0.25) is 0 Å². The monoisotopic (exact) mass is 242 g/mol. The average molecular weight is 242 g/mol. The van der Waals surface area contributed by atoms with Crippen molar-refractivity contribution in [3.63, 3.8) is 0 Å². The first-order valence-electron chi connectivity index (χ1n) is 5.01. The molecule has 1 fully saturated rings. The van der Waals surface area contributed by atoms with Crippen molar-refractivity contribution >= 4 is 10.1 Å². The summed E-state index contributed by atoms with van der Waals surface area (Å²) in [5.74, 6) is 0. The predicted octanol–water partition coefficient (Wildman–Crippen LogP) is 1.49. The van der Waals surface area contributed by atoms with E-state index in [-0.39, 0.29) is 4.90 Å². The fraction of sp³-hybridized carbons (Fsp3) is 0.455. The van der Waals surface area contributed by atoms with Crippen molar-refractivity contribution in [2.75, 3.05) is 13.2 Å². The third kappa shape index (κ3) is 2.26. The van der Waals surface area contributed by atoms with E-state index < -0.39 is 15.7 Å². The second kappa shape index (κ2) is 3.84. The highest BCUT2D eigenvalue weighted by atomic mass is 32.2. The van der Waals surface area contributed by atoms with Gasteiger partial charge in [-0.1, -0.05) is 17.7 Å². The summed E-state index contributed by atoms with van der Waals surface area (Å²) in [7, 11) is -3.68. The Balaban J connectivity index is 2.22. The Labute approximate surface area is 95.3 Å². The molecule has 0 radical (unpaired) electrons. The lowest BCUT2D eigenvalue weighted by Gasteiger charge is -2.36. The van der Waals surface area contributed by atoms with Crippen LogP contribution in [0.15, 0.2) is 29.2 Å². The maximum Gasteiger partial charge on any atom is 0.297 e. The Morgan fingerprint density at radius 3 is 2.25 bits per heavy atom. The van der Waals surface area contributed by atoms with Gasteiger partial charge in [-0.15, -0.1) is 0 Å². The Morgan fingerprint density at radius 1 is 1.25 bits per heavy atom. The van der Waals surface area contributed by atoms with Crippen LogP contribution >= 0.6 is 0 Å². The van der Waals surface area contributed by atoms with Gasteiger partial charge in [0, 0.05) is 0 Å². The van der Waals surface area contributed by atoms with Gasteiger partial charge in [0.25, 0.3) is 10.1 Å². The first-order valence-corrected chi connectivity index (χ1v) is 6.42. The molecule has 88 valence electrons. The minimum atomic E-state index is -3.68. The molecule has 0 N–H and O–H groups in total. The van der Waals surface area contributed by atoms with E-state index in [0.29, 0.717) is 13.2 Å². The van der Waals surface area contributed by atoms with Gasteiger partial charge in [0.1, 0.15) is 5.60 Å². The van der Waals surface area contributed by atoms with Gasteiger partial charge in [-0.05, 0) is 26.0 Å². The van der Waals surface area contributed by atoms with Crippen LogP contribution in [0.2, 0.25) is 0 Å². The van der Waals surface area contributed by atoms with Gasteiger partial charge in [-0.2, -0.15) is 8.42 Å². The topological polar surface area (TPSA) is 52.6 Å². The molecule has 1 aliphatic rings. The van der Waals surface area contributed by atoms with E-state index in [1.54, 1.807) is 31.2 Å². The lowest BCUT2D eigenvalue weighted by molar-refractivity contribution is -0.147. The normalized spacial score (nSPS) is 19.1. The molecule has 0 spiro atoms. The minimum Gasteiger partial charge on any atom is -0.375 e. The third-order valence-corrected chi connectivity index (χ3v) is 3.91. The van der Waals surface area contributed by atoms with Crippen molar-refractivity contribution in [1.29, 1.82) is 0 Å². The Kier molecular flexibility index (Phi) is 2.77. The van der Waals surface area contributed by atoms with Crippen LogP contribution in [0, 0.1) is 6.92 Å². The van der Waals surface area contributed by atoms with Crippen LogP contribution in [0.5, 0.6) is 0 Å². The molecule has 4 nitrogen and oxygen atoms in total. The third-order valence-electron chi connectivity index (χ3n) is 2.44. The zero-order valence-electron chi connectivity index (χ0n) is 9.26. The summed E-state index contributed by atoms with van der Waals surface area (Å²) in [4.78, 5) is 0.186. The van der Waals surface area contributed by atoms with E-state index in [4.69, 9.17) is 8.92 Å². The molecular formula is C11H14O4S. The smallest absolute Gasteiger partial charge is 0.297 e. The molecule has 0 unspecified atom stereocenters. The van der Waals surface area contributed by atoms with Gasteiger partial charge >= 0.3 is 0 Å². The van der Waals surface area contributed by atoms with E-state index >= 15 is 0 Å². The number of hydrogen-bond acceptors (Lipinski definition) is 4. The Morgan fingerprint density at radius 2 is 1.81 bits per heavy atom. The molecule has 2 rings (SSSR count). The van der Waals surface area contributed by atoms with E-state index in [1.807, 2.05) is 6.92 Å². The summed E-state index contributed by atoms with van der Waals surface area (Å²) in [6.45, 7) is 4.26. The second-order valence-electron chi connectivity index (χ2n) is 4.29. The molecule has 0 saturated carbocycles. The molecule has 0 amide bonds. The molecular weight excluding hydrogens is 228 g/mol. The molecule has 0 atom stereocenters. The van der Waals surface area contributed by atoms with Crippen molar-refractivity contribution in [2.24, 2.45) is 0 Å². The van der Waals surface area contributed by atoms with Gasteiger partial charge in [0.05, 0.1) is 18.1 Å². The minimum absolute atomic E-state index is 0.186. The fourth-order valence-electron chi connectivity index (χ4n) is 1.46. The van der Waals surface area contributed by atoms with E-state index in [1.165, 1.54) is 0 Å². The van der Waals surface area contributed by atoms with Gasteiger partial charge in [-0.25, -0.2) is 0 Å². The number of benzene rings is 1. The highest BCUT2D eigenvalue weighted by molar-refractivity contribution is 7.86. The van der Waals surface area contributed by atoms with Crippen LogP contribution in [-0.2, 0) is 19.0 Å². The van der Waals surface area contributed by atoms with Crippen LogP contribution in [0.3, 0.4) is 0 Å². The second-order valence-corrected chi connectivity index (χ2v) is 5.84. The standard InChI is InChI=1S/C11H14O4S/c1-9-3-5-10(6-4-9)16(12,13)15-11(2)7-14-8-11/h3-6H,7-8H2,1-2H3. The summed E-state index contributed by atoms with van der Waals surface area (Å²) < 4.78 is 33.8. The lowest BCUT2D eigenvalue weighted by atomic mass is 10.1. The predicted molar refractivity (Wildman–Crippen MR) is 58.7 cm³/mol. The molecule has 5 heteroatoms. The average Bonchev–Trinajstić information content (AvgIpc) is 2.15. The highest BCUT2D eigenvalue weighted by Crippen LogP contribution is 2.26. The summed E-state index contributed by atoms with van der Waals surface area (Å²) in [6, 6.07) is 6.59. The van der Waals surface area contributed by atoms with Crippen LogP contribution in [0.4, 0.5) is 0 Å². The van der Waals surface area contributed by atoms with E-state index in [0.717, 1.165) is 5.56 Å². The maximum atomic E-state index is 11.9. The molecule has 0 aromatic heterocycles. The van der Waals surface area contributed by atoms with Crippen molar-refractivity contribution < 1.29 is 17.3 Å². The molecule has 1 aromatic carbocycles. The van der Waals surface area contributed by atoms with Crippen LogP contribution in [0.25, 0.3) is 0 Å². The summed E-state index contributed by atoms with van der Waals surface area (Å²) in [5, 5.41) is 0. The summed E-state index contributed by atoms with van der Waals surface area (Å²) >= 11 is 0. The number of ether oxygens (including phenoxy) is 1. The van der Waals surface area contributed by atoms with Crippen LogP contribution < -0.4 is 0 Å². The molecule has 1 aromatic rings. The maximum absolute atomic E-state index is 11.9. The van der Waals surface area contributed by atoms with Gasteiger partial charge in [0.15, 0.2) is 0 Å². The first-order chi connectivity index (χ1) is 7.41. The number of rotatable bonds is 3. The lowest BCUT2D eigenvalue weighted by Crippen LogP contribution is -2.50. The SMILES string of the molecule is Cc1ccc(S(=O)(=O)OC2(C)COC2)cc1. The molecule has 1 heterocycles. The molecule has 1 aliphatic heterocycles. The number of aryl methyl sites for hydroxylation is 1. The Hall–Kier alpha value is -0.910. The van der Waals surface area contributed by atoms with Gasteiger partial charge in [-0.3, -0.25) is 4.18 Å². The quantitative estimate of drug-likeness (QED) is 0.753. The highest BCUT2D eigenvalue weighted by Gasteiger charge is 2.39. The number of hydrogen-bond donors (Lipinski definition) is 0. The zero-order valence-corrected chi connectivity index (χ0v) is 10.1. The molecule has 0 aliphatic carbocycles. The van der Waals surface area contributed by atoms with Crippen molar-refractivity contribution in [3.05, 3.63) is 29.8 Å². The van der Waals surface area contributed by atoms with Gasteiger partial charge < -0.3 is 4.74 Å². The van der Waals surface area contributed by atoms with Crippen molar-refractivity contribution in [1.82, 2.24) is 0 Å². The molecule has 0 bridgehead atoms. The first kappa shape index (κ1) is 11.6. The van der Waals surface area contributed by atoms with E-state index in [2.05, 4.69) is 0 Å². The van der Waals surface area contributed by atoms with Crippen LogP contribution in [-0.4, -0.2) is 27.2 Å². The fourth-order valence-corrected chi connectivity index (χ4v) is 2.65.